The molecule has 0 N–H and O–H groups in total. The molecular formula is C18H17F3N2S. The van der Waals surface area contributed by atoms with Gasteiger partial charge in [-0.15, -0.1) is 11.8 Å². The zero-order chi connectivity index (χ0) is 18.0. The standard InChI is InChI=1S/C18H17F3N2S/c1-17(2,3)15-9-14(18(19,20)21)13(10-22)16(23-15)24-11-12-7-5-4-6-8-12/h4-9H,11H2,1-3H3. The van der Waals surface area contributed by atoms with Crippen molar-refractivity contribution >= 4 is 11.8 Å². The molecule has 0 aliphatic heterocycles. The predicted molar refractivity (Wildman–Crippen MR) is 88.7 cm³/mol. The van der Waals surface area contributed by atoms with Gasteiger partial charge in [0.2, 0.25) is 0 Å². The lowest BCUT2D eigenvalue weighted by atomic mass is 9.90. The van der Waals surface area contributed by atoms with Gasteiger partial charge in [0.25, 0.3) is 0 Å². The van der Waals surface area contributed by atoms with Crippen molar-refractivity contribution in [3.05, 3.63) is 58.8 Å². The highest BCUT2D eigenvalue weighted by Gasteiger charge is 2.37. The van der Waals surface area contributed by atoms with E-state index < -0.39 is 22.7 Å². The molecular weight excluding hydrogens is 333 g/mol. The second-order valence-corrected chi connectivity index (χ2v) is 7.33. The molecule has 0 radical (unpaired) electrons. The van der Waals surface area contributed by atoms with Crippen molar-refractivity contribution in [2.75, 3.05) is 0 Å². The maximum atomic E-state index is 13.4. The Morgan fingerprint density at radius 1 is 1.12 bits per heavy atom. The number of nitriles is 1. The normalized spacial score (nSPS) is 12.0. The molecule has 24 heavy (non-hydrogen) atoms. The Labute approximate surface area is 143 Å². The highest BCUT2D eigenvalue weighted by atomic mass is 32.2. The molecule has 0 fully saturated rings. The third-order valence-corrected chi connectivity index (χ3v) is 4.44. The third kappa shape index (κ3) is 4.30. The summed E-state index contributed by atoms with van der Waals surface area (Å²) < 4.78 is 40.1. The van der Waals surface area contributed by atoms with Crippen LogP contribution in [0.1, 0.15) is 43.2 Å². The molecule has 6 heteroatoms. The summed E-state index contributed by atoms with van der Waals surface area (Å²) in [7, 11) is 0. The van der Waals surface area contributed by atoms with E-state index in [1.165, 1.54) is 0 Å². The Morgan fingerprint density at radius 3 is 2.25 bits per heavy atom. The molecule has 1 heterocycles. The van der Waals surface area contributed by atoms with E-state index in [4.69, 9.17) is 0 Å². The van der Waals surface area contributed by atoms with Gasteiger partial charge in [0.05, 0.1) is 11.1 Å². The summed E-state index contributed by atoms with van der Waals surface area (Å²) in [5.74, 6) is 0.452. The highest BCUT2D eigenvalue weighted by Crippen LogP contribution is 2.38. The summed E-state index contributed by atoms with van der Waals surface area (Å²) in [6, 6.07) is 12.0. The largest absolute Gasteiger partial charge is 0.417 e. The third-order valence-electron chi connectivity index (χ3n) is 3.39. The lowest BCUT2D eigenvalue weighted by molar-refractivity contribution is -0.138. The average Bonchev–Trinajstić information content (AvgIpc) is 2.51. The maximum Gasteiger partial charge on any atom is 0.417 e. The molecule has 0 spiro atoms. The molecule has 0 unspecified atom stereocenters. The fourth-order valence-electron chi connectivity index (χ4n) is 2.07. The van der Waals surface area contributed by atoms with Gasteiger partial charge in [-0.2, -0.15) is 18.4 Å². The lowest BCUT2D eigenvalue weighted by Crippen LogP contribution is -2.18. The molecule has 2 aromatic rings. The van der Waals surface area contributed by atoms with E-state index in [1.807, 2.05) is 30.3 Å². The van der Waals surface area contributed by atoms with Crippen molar-refractivity contribution < 1.29 is 13.2 Å². The first-order chi connectivity index (χ1) is 11.1. The average molecular weight is 350 g/mol. The van der Waals surface area contributed by atoms with Gasteiger partial charge in [-0.3, -0.25) is 0 Å². The van der Waals surface area contributed by atoms with E-state index in [2.05, 4.69) is 4.98 Å². The fourth-order valence-corrected chi connectivity index (χ4v) is 3.03. The zero-order valence-corrected chi connectivity index (χ0v) is 14.4. The summed E-state index contributed by atoms with van der Waals surface area (Å²) in [5.41, 5.74) is -0.583. The van der Waals surface area contributed by atoms with Crippen LogP contribution >= 0.6 is 11.8 Å². The van der Waals surface area contributed by atoms with Crippen molar-refractivity contribution in [1.29, 1.82) is 5.26 Å². The summed E-state index contributed by atoms with van der Waals surface area (Å²) >= 11 is 1.15. The Balaban J connectivity index is 2.50. The number of aromatic nitrogens is 1. The van der Waals surface area contributed by atoms with Crippen LogP contribution in [0.3, 0.4) is 0 Å². The molecule has 2 rings (SSSR count). The lowest BCUT2D eigenvalue weighted by Gasteiger charge is -2.21. The minimum absolute atomic E-state index is 0.126. The van der Waals surface area contributed by atoms with Crippen molar-refractivity contribution in [3.8, 4) is 6.07 Å². The number of benzene rings is 1. The smallest absolute Gasteiger partial charge is 0.245 e. The van der Waals surface area contributed by atoms with Crippen LogP contribution < -0.4 is 0 Å². The Morgan fingerprint density at radius 2 is 1.75 bits per heavy atom. The van der Waals surface area contributed by atoms with E-state index in [0.717, 1.165) is 23.4 Å². The summed E-state index contributed by atoms with van der Waals surface area (Å²) in [6.45, 7) is 5.40. The monoisotopic (exact) mass is 350 g/mol. The van der Waals surface area contributed by atoms with Crippen molar-refractivity contribution in [3.63, 3.8) is 0 Å². The number of hydrogen-bond acceptors (Lipinski definition) is 3. The number of rotatable bonds is 3. The first-order valence-corrected chi connectivity index (χ1v) is 8.31. The van der Waals surface area contributed by atoms with Crippen LogP contribution in [-0.2, 0) is 17.3 Å². The maximum absolute atomic E-state index is 13.4. The van der Waals surface area contributed by atoms with E-state index in [9.17, 15) is 18.4 Å². The number of halogens is 3. The van der Waals surface area contributed by atoms with Gasteiger partial charge in [0.1, 0.15) is 11.1 Å². The van der Waals surface area contributed by atoms with Crippen LogP contribution in [0, 0.1) is 11.3 Å². The van der Waals surface area contributed by atoms with Crippen LogP contribution in [0.4, 0.5) is 13.2 Å². The van der Waals surface area contributed by atoms with Crippen LogP contribution in [0.25, 0.3) is 0 Å². The highest BCUT2D eigenvalue weighted by molar-refractivity contribution is 7.98. The number of hydrogen-bond donors (Lipinski definition) is 0. The van der Waals surface area contributed by atoms with Crippen LogP contribution in [0.2, 0.25) is 0 Å². The fraction of sp³-hybridized carbons (Fsp3) is 0.333. The predicted octanol–water partition coefficient (Wildman–Crippen LogP) is 5.56. The Bertz CT molecular complexity index is 757. The molecule has 2 nitrogen and oxygen atoms in total. The molecule has 0 aliphatic carbocycles. The molecule has 1 aromatic carbocycles. The molecule has 0 amide bonds. The Kier molecular flexibility index (Phi) is 5.24. The van der Waals surface area contributed by atoms with Gasteiger partial charge in [0, 0.05) is 16.9 Å². The molecule has 0 saturated heterocycles. The molecule has 1 aromatic heterocycles. The molecule has 126 valence electrons. The minimum Gasteiger partial charge on any atom is -0.245 e. The van der Waals surface area contributed by atoms with Gasteiger partial charge in [-0.25, -0.2) is 4.98 Å². The molecule has 0 bridgehead atoms. The second kappa shape index (κ2) is 6.86. The van der Waals surface area contributed by atoms with E-state index in [1.54, 1.807) is 26.8 Å². The molecule has 0 atom stereocenters. The van der Waals surface area contributed by atoms with E-state index in [0.29, 0.717) is 11.4 Å². The summed E-state index contributed by atoms with van der Waals surface area (Å²) in [4.78, 5) is 4.34. The van der Waals surface area contributed by atoms with Gasteiger partial charge >= 0.3 is 6.18 Å². The topological polar surface area (TPSA) is 36.7 Å². The van der Waals surface area contributed by atoms with E-state index in [-0.39, 0.29) is 5.03 Å². The second-order valence-electron chi connectivity index (χ2n) is 6.37. The first kappa shape index (κ1) is 18.3. The van der Waals surface area contributed by atoms with Crippen LogP contribution in [0.5, 0.6) is 0 Å². The van der Waals surface area contributed by atoms with Gasteiger partial charge in [-0.05, 0) is 11.6 Å². The number of nitrogens with zero attached hydrogens (tertiary/aromatic N) is 2. The minimum atomic E-state index is -4.59. The molecule has 0 aliphatic rings. The van der Waals surface area contributed by atoms with Gasteiger partial charge < -0.3 is 0 Å². The van der Waals surface area contributed by atoms with Crippen molar-refractivity contribution in [1.82, 2.24) is 4.98 Å². The first-order valence-electron chi connectivity index (χ1n) is 7.32. The van der Waals surface area contributed by atoms with Gasteiger partial charge in [0.15, 0.2) is 0 Å². The Hall–Kier alpha value is -2.00. The zero-order valence-electron chi connectivity index (χ0n) is 13.6. The number of pyridine rings is 1. The number of alkyl halides is 3. The summed E-state index contributed by atoms with van der Waals surface area (Å²) in [5, 5.41) is 9.38. The van der Waals surface area contributed by atoms with E-state index >= 15 is 0 Å². The number of thioether (sulfide) groups is 1. The quantitative estimate of drug-likeness (QED) is 0.680. The van der Waals surface area contributed by atoms with Crippen LogP contribution in [0.15, 0.2) is 41.4 Å². The van der Waals surface area contributed by atoms with Gasteiger partial charge in [-0.1, -0.05) is 51.1 Å². The molecule has 0 saturated carbocycles. The van der Waals surface area contributed by atoms with Crippen molar-refractivity contribution in [2.45, 2.75) is 43.1 Å². The van der Waals surface area contributed by atoms with Crippen molar-refractivity contribution in [2.24, 2.45) is 0 Å². The SMILES string of the molecule is CC(C)(C)c1cc(C(F)(F)F)c(C#N)c(SCc2ccccc2)n1. The summed E-state index contributed by atoms with van der Waals surface area (Å²) in [6.07, 6.45) is -4.59. The van der Waals surface area contributed by atoms with Crippen LogP contribution in [-0.4, -0.2) is 4.98 Å².